The molecule has 14 heavy (non-hydrogen) atoms. The highest BCUT2D eigenvalue weighted by Gasteiger charge is 2.15. The van der Waals surface area contributed by atoms with Gasteiger partial charge in [-0.1, -0.05) is 18.2 Å². The van der Waals surface area contributed by atoms with Crippen molar-refractivity contribution >= 4 is 17.6 Å². The average Bonchev–Trinajstić information content (AvgIpc) is 2.26. The van der Waals surface area contributed by atoms with Crippen LogP contribution < -0.4 is 4.74 Å². The van der Waals surface area contributed by atoms with Gasteiger partial charge in [-0.3, -0.25) is 4.79 Å². The van der Waals surface area contributed by atoms with Crippen LogP contribution in [-0.2, 0) is 9.53 Å². The van der Waals surface area contributed by atoms with Gasteiger partial charge in [0.2, 0.25) is 0 Å². The van der Waals surface area contributed by atoms with Gasteiger partial charge < -0.3 is 9.47 Å². The third-order valence-electron chi connectivity index (χ3n) is 1.60. The van der Waals surface area contributed by atoms with Gasteiger partial charge in [-0.05, 0) is 12.1 Å². The summed E-state index contributed by atoms with van der Waals surface area (Å²) >= 11 is 5.68. The van der Waals surface area contributed by atoms with Gasteiger partial charge in [0.25, 0.3) is 0 Å². The number of halogens is 1. The second kappa shape index (κ2) is 5.50. The van der Waals surface area contributed by atoms with E-state index in [9.17, 15) is 4.79 Å². The van der Waals surface area contributed by atoms with E-state index < -0.39 is 11.3 Å². The van der Waals surface area contributed by atoms with Gasteiger partial charge in [-0.2, -0.15) is 0 Å². The molecule has 0 heterocycles. The molecule has 0 aliphatic carbocycles. The normalized spacial score (nSPS) is 11.9. The molecular formula is C10H11ClO3. The first-order valence-corrected chi connectivity index (χ1v) is 4.57. The van der Waals surface area contributed by atoms with E-state index in [4.69, 9.17) is 16.3 Å². The number of carbonyl (C=O) groups excluding carboxylic acids is 1. The highest BCUT2D eigenvalue weighted by atomic mass is 35.5. The third kappa shape index (κ3) is 3.26. The lowest BCUT2D eigenvalue weighted by molar-refractivity contribution is -0.140. The zero-order valence-electron chi connectivity index (χ0n) is 7.77. The zero-order valence-corrected chi connectivity index (χ0v) is 8.53. The summed E-state index contributed by atoms with van der Waals surface area (Å²) in [6.07, 6.45) is 0. The molecular weight excluding hydrogens is 204 g/mol. The molecule has 0 spiro atoms. The fraction of sp³-hybridized carbons (Fsp3) is 0.300. The molecule has 1 atom stereocenters. The van der Waals surface area contributed by atoms with Gasteiger partial charge in [-0.15, -0.1) is 11.6 Å². The summed E-state index contributed by atoms with van der Waals surface area (Å²) < 4.78 is 9.71. The van der Waals surface area contributed by atoms with E-state index >= 15 is 0 Å². The molecule has 3 nitrogen and oxygen atoms in total. The molecule has 1 aromatic carbocycles. The fourth-order valence-electron chi connectivity index (χ4n) is 0.882. The summed E-state index contributed by atoms with van der Waals surface area (Å²) in [5, 5.41) is -0.764. The minimum absolute atomic E-state index is 0.109. The number of alkyl halides is 1. The fourth-order valence-corrected chi connectivity index (χ4v) is 1.03. The summed E-state index contributed by atoms with van der Waals surface area (Å²) in [6, 6.07) is 9.15. The molecule has 0 aromatic heterocycles. The maximum atomic E-state index is 10.9. The number of esters is 1. The standard InChI is InChI=1S/C10H11ClO3/c1-13-10(12)9(11)7-14-8-5-3-2-4-6-8/h2-6,9H,7H2,1H3. The number of hydrogen-bond donors (Lipinski definition) is 0. The van der Waals surface area contributed by atoms with Gasteiger partial charge in [-0.25, -0.2) is 0 Å². The zero-order chi connectivity index (χ0) is 10.4. The molecule has 1 unspecified atom stereocenters. The molecule has 76 valence electrons. The monoisotopic (exact) mass is 214 g/mol. The molecule has 0 fully saturated rings. The first-order chi connectivity index (χ1) is 6.74. The van der Waals surface area contributed by atoms with Gasteiger partial charge in [0, 0.05) is 0 Å². The summed E-state index contributed by atoms with van der Waals surface area (Å²) in [5.41, 5.74) is 0. The van der Waals surface area contributed by atoms with Crippen LogP contribution >= 0.6 is 11.6 Å². The maximum absolute atomic E-state index is 10.9. The second-order valence-electron chi connectivity index (χ2n) is 2.61. The van der Waals surface area contributed by atoms with E-state index in [1.807, 2.05) is 18.2 Å². The summed E-state index contributed by atoms with van der Waals surface area (Å²) in [4.78, 5) is 10.9. The van der Waals surface area contributed by atoms with Gasteiger partial charge in [0.05, 0.1) is 7.11 Å². The van der Waals surface area contributed by atoms with Crippen LogP contribution in [0.2, 0.25) is 0 Å². The smallest absolute Gasteiger partial charge is 0.327 e. The van der Waals surface area contributed by atoms with Crippen molar-refractivity contribution in [2.45, 2.75) is 5.38 Å². The Morgan fingerprint density at radius 2 is 2.07 bits per heavy atom. The molecule has 0 aliphatic rings. The number of methoxy groups -OCH3 is 1. The summed E-state index contributed by atoms with van der Waals surface area (Å²) in [5.74, 6) is 0.199. The summed E-state index contributed by atoms with van der Waals surface area (Å²) in [6.45, 7) is 0.109. The number of hydrogen-bond acceptors (Lipinski definition) is 3. The highest BCUT2D eigenvalue weighted by molar-refractivity contribution is 6.30. The van der Waals surface area contributed by atoms with Crippen LogP contribution in [0, 0.1) is 0 Å². The Kier molecular flexibility index (Phi) is 4.26. The molecule has 0 amide bonds. The highest BCUT2D eigenvalue weighted by Crippen LogP contribution is 2.10. The van der Waals surface area contributed by atoms with Crippen LogP contribution in [0.15, 0.2) is 30.3 Å². The SMILES string of the molecule is COC(=O)C(Cl)COc1ccccc1. The molecule has 0 saturated carbocycles. The third-order valence-corrected chi connectivity index (χ3v) is 1.90. The van der Waals surface area contributed by atoms with Crippen LogP contribution in [-0.4, -0.2) is 25.1 Å². The molecule has 1 rings (SSSR count). The van der Waals surface area contributed by atoms with E-state index in [1.165, 1.54) is 7.11 Å². The van der Waals surface area contributed by atoms with Gasteiger partial charge in [0.15, 0.2) is 5.38 Å². The quantitative estimate of drug-likeness (QED) is 0.567. The van der Waals surface area contributed by atoms with Crippen molar-refractivity contribution in [2.24, 2.45) is 0 Å². The van der Waals surface area contributed by atoms with Crippen molar-refractivity contribution in [3.63, 3.8) is 0 Å². The van der Waals surface area contributed by atoms with Crippen LogP contribution in [0.25, 0.3) is 0 Å². The Morgan fingerprint density at radius 1 is 1.43 bits per heavy atom. The minimum atomic E-state index is -0.764. The minimum Gasteiger partial charge on any atom is -0.491 e. The van der Waals surface area contributed by atoms with E-state index in [2.05, 4.69) is 4.74 Å². The number of rotatable bonds is 4. The van der Waals surface area contributed by atoms with E-state index in [0.29, 0.717) is 5.75 Å². The largest absolute Gasteiger partial charge is 0.491 e. The number of para-hydroxylation sites is 1. The predicted molar refractivity (Wildman–Crippen MR) is 53.6 cm³/mol. The first-order valence-electron chi connectivity index (χ1n) is 4.14. The first kappa shape index (κ1) is 10.9. The van der Waals surface area contributed by atoms with Crippen LogP contribution in [0.4, 0.5) is 0 Å². The lowest BCUT2D eigenvalue weighted by Crippen LogP contribution is -2.23. The Morgan fingerprint density at radius 3 is 2.64 bits per heavy atom. The Bertz CT molecular complexity index is 287. The van der Waals surface area contributed by atoms with Crippen LogP contribution in [0.1, 0.15) is 0 Å². The van der Waals surface area contributed by atoms with Crippen molar-refractivity contribution in [3.8, 4) is 5.75 Å². The van der Waals surface area contributed by atoms with Crippen molar-refractivity contribution < 1.29 is 14.3 Å². The van der Waals surface area contributed by atoms with Gasteiger partial charge in [0.1, 0.15) is 12.4 Å². The van der Waals surface area contributed by atoms with E-state index in [0.717, 1.165) is 0 Å². The number of ether oxygens (including phenoxy) is 2. The Balaban J connectivity index is 2.38. The Labute approximate surface area is 87.6 Å². The Hall–Kier alpha value is -1.22. The lowest BCUT2D eigenvalue weighted by Gasteiger charge is -2.09. The average molecular weight is 215 g/mol. The van der Waals surface area contributed by atoms with Crippen LogP contribution in [0.3, 0.4) is 0 Å². The van der Waals surface area contributed by atoms with Crippen LogP contribution in [0.5, 0.6) is 5.75 Å². The van der Waals surface area contributed by atoms with Crippen molar-refractivity contribution in [2.75, 3.05) is 13.7 Å². The maximum Gasteiger partial charge on any atom is 0.327 e. The van der Waals surface area contributed by atoms with Crippen molar-refractivity contribution in [1.29, 1.82) is 0 Å². The lowest BCUT2D eigenvalue weighted by atomic mass is 10.3. The molecule has 0 bridgehead atoms. The predicted octanol–water partition coefficient (Wildman–Crippen LogP) is 1.85. The molecule has 4 heteroatoms. The van der Waals surface area contributed by atoms with Gasteiger partial charge >= 0.3 is 5.97 Å². The van der Waals surface area contributed by atoms with Crippen molar-refractivity contribution in [1.82, 2.24) is 0 Å². The van der Waals surface area contributed by atoms with E-state index in [-0.39, 0.29) is 6.61 Å². The van der Waals surface area contributed by atoms with Crippen molar-refractivity contribution in [3.05, 3.63) is 30.3 Å². The second-order valence-corrected chi connectivity index (χ2v) is 3.14. The van der Waals surface area contributed by atoms with E-state index in [1.54, 1.807) is 12.1 Å². The summed E-state index contributed by atoms with van der Waals surface area (Å²) in [7, 11) is 1.29. The molecule has 1 aromatic rings. The molecule has 0 radical (unpaired) electrons. The number of benzene rings is 1. The molecule has 0 aliphatic heterocycles. The number of carbonyl (C=O) groups is 1. The topological polar surface area (TPSA) is 35.5 Å². The molecule has 0 N–H and O–H groups in total. The molecule has 0 saturated heterocycles.